The molecule has 5 rings (SSSR count). The molecule has 1 saturated heterocycles. The minimum atomic E-state index is 0.197. The highest BCUT2D eigenvalue weighted by molar-refractivity contribution is 5.88. The highest BCUT2D eigenvalue weighted by atomic mass is 16.7. The molecule has 0 atom stereocenters. The second-order valence-corrected chi connectivity index (χ2v) is 7.92. The molecule has 1 aromatic carbocycles. The number of hydrogen-bond donors (Lipinski definition) is 1. The minimum Gasteiger partial charge on any atom is -0.468 e. The Balaban J connectivity index is 1.54. The van der Waals surface area contributed by atoms with E-state index in [2.05, 4.69) is 16.3 Å². The van der Waals surface area contributed by atoms with Crippen LogP contribution in [-0.2, 0) is 16.0 Å². The molecule has 0 bridgehead atoms. The molecule has 8 nitrogen and oxygen atoms in total. The largest absolute Gasteiger partial charge is 0.468 e. The second-order valence-electron chi connectivity index (χ2n) is 7.92. The zero-order valence-electron chi connectivity index (χ0n) is 17.7. The Morgan fingerprint density at radius 3 is 2.84 bits per heavy atom. The summed E-state index contributed by atoms with van der Waals surface area (Å²) in [5, 5.41) is 3.55. The fourth-order valence-electron chi connectivity index (χ4n) is 3.67. The lowest BCUT2D eigenvalue weighted by molar-refractivity contribution is 0.0511. The van der Waals surface area contributed by atoms with Gasteiger partial charge in [-0.15, -0.1) is 0 Å². The van der Waals surface area contributed by atoms with Crippen molar-refractivity contribution in [2.75, 3.05) is 45.1 Å². The van der Waals surface area contributed by atoms with Gasteiger partial charge in [-0.05, 0) is 36.6 Å². The third kappa shape index (κ3) is 4.76. The van der Waals surface area contributed by atoms with Crippen molar-refractivity contribution >= 4 is 16.9 Å². The highest BCUT2D eigenvalue weighted by Gasteiger charge is 2.21. The summed E-state index contributed by atoms with van der Waals surface area (Å²) in [5.41, 5.74) is 3.71. The lowest BCUT2D eigenvalue weighted by Gasteiger charge is -2.28. The third-order valence-corrected chi connectivity index (χ3v) is 5.49. The van der Waals surface area contributed by atoms with Crippen molar-refractivity contribution in [3.8, 4) is 17.1 Å². The number of benzene rings is 1. The maximum absolute atomic E-state index is 5.61. The average molecular weight is 422 g/mol. The SMILES string of the molecule is COCOc1cccc(-c2nc(N3CCOCC3)c3ncc(CNC4CC4)cc3n2)c1. The monoisotopic (exact) mass is 421 g/mol. The van der Waals surface area contributed by atoms with E-state index in [4.69, 9.17) is 29.2 Å². The number of morpholine rings is 1. The van der Waals surface area contributed by atoms with Gasteiger partial charge in [0, 0.05) is 44.5 Å². The third-order valence-electron chi connectivity index (χ3n) is 5.49. The van der Waals surface area contributed by atoms with Crippen molar-refractivity contribution in [3.63, 3.8) is 0 Å². The van der Waals surface area contributed by atoms with E-state index in [0.717, 1.165) is 53.4 Å². The Morgan fingerprint density at radius 1 is 1.16 bits per heavy atom. The number of pyridine rings is 1. The van der Waals surface area contributed by atoms with Crippen LogP contribution in [0.3, 0.4) is 0 Å². The van der Waals surface area contributed by atoms with E-state index in [9.17, 15) is 0 Å². The van der Waals surface area contributed by atoms with Gasteiger partial charge in [-0.2, -0.15) is 0 Å². The van der Waals surface area contributed by atoms with Gasteiger partial charge in [-0.3, -0.25) is 4.98 Å². The molecule has 31 heavy (non-hydrogen) atoms. The molecule has 3 heterocycles. The molecule has 1 N–H and O–H groups in total. The van der Waals surface area contributed by atoms with Crippen LogP contribution < -0.4 is 15.0 Å². The highest BCUT2D eigenvalue weighted by Crippen LogP contribution is 2.29. The zero-order chi connectivity index (χ0) is 21.0. The predicted molar refractivity (Wildman–Crippen MR) is 118 cm³/mol. The number of fused-ring (bicyclic) bond motifs is 1. The van der Waals surface area contributed by atoms with Gasteiger partial charge in [0.1, 0.15) is 11.3 Å². The summed E-state index contributed by atoms with van der Waals surface area (Å²) in [6.45, 7) is 3.95. The molecule has 1 saturated carbocycles. The van der Waals surface area contributed by atoms with Crippen LogP contribution in [-0.4, -0.2) is 61.2 Å². The molecular formula is C23H27N5O3. The van der Waals surface area contributed by atoms with Gasteiger partial charge in [0.15, 0.2) is 18.4 Å². The Hall–Kier alpha value is -2.81. The molecule has 2 aromatic heterocycles. The average Bonchev–Trinajstić information content (AvgIpc) is 3.66. The van der Waals surface area contributed by atoms with Gasteiger partial charge in [-0.25, -0.2) is 9.97 Å². The van der Waals surface area contributed by atoms with Crippen LogP contribution in [0.4, 0.5) is 5.82 Å². The number of anilines is 1. The molecule has 0 radical (unpaired) electrons. The summed E-state index contributed by atoms with van der Waals surface area (Å²) < 4.78 is 16.2. The Bertz CT molecular complexity index is 1050. The van der Waals surface area contributed by atoms with Crippen molar-refractivity contribution in [1.29, 1.82) is 0 Å². The maximum Gasteiger partial charge on any atom is 0.188 e. The van der Waals surface area contributed by atoms with Crippen molar-refractivity contribution in [2.24, 2.45) is 0 Å². The first-order chi connectivity index (χ1) is 15.3. The second kappa shape index (κ2) is 9.13. The molecule has 2 aliphatic rings. The number of nitrogens with zero attached hydrogens (tertiary/aromatic N) is 4. The lowest BCUT2D eigenvalue weighted by Crippen LogP contribution is -2.37. The number of methoxy groups -OCH3 is 1. The Kier molecular flexibility index (Phi) is 5.93. The van der Waals surface area contributed by atoms with Crippen LogP contribution in [0.2, 0.25) is 0 Å². The normalized spacial score (nSPS) is 16.6. The van der Waals surface area contributed by atoms with Crippen molar-refractivity contribution in [2.45, 2.75) is 25.4 Å². The molecule has 0 unspecified atom stereocenters. The van der Waals surface area contributed by atoms with Gasteiger partial charge in [-0.1, -0.05) is 12.1 Å². The van der Waals surface area contributed by atoms with Gasteiger partial charge in [0.05, 0.1) is 18.7 Å². The number of rotatable bonds is 8. The van der Waals surface area contributed by atoms with Crippen LogP contribution in [0.15, 0.2) is 36.5 Å². The van der Waals surface area contributed by atoms with Gasteiger partial charge in [0.25, 0.3) is 0 Å². The summed E-state index contributed by atoms with van der Waals surface area (Å²) >= 11 is 0. The molecular weight excluding hydrogens is 394 g/mol. The van der Waals surface area contributed by atoms with E-state index in [-0.39, 0.29) is 6.79 Å². The fourth-order valence-corrected chi connectivity index (χ4v) is 3.67. The van der Waals surface area contributed by atoms with E-state index in [1.54, 1.807) is 7.11 Å². The van der Waals surface area contributed by atoms with Gasteiger partial charge < -0.3 is 24.4 Å². The lowest BCUT2D eigenvalue weighted by atomic mass is 10.1. The van der Waals surface area contributed by atoms with Crippen molar-refractivity contribution in [1.82, 2.24) is 20.3 Å². The van der Waals surface area contributed by atoms with E-state index in [1.807, 2.05) is 30.5 Å². The van der Waals surface area contributed by atoms with E-state index in [0.29, 0.717) is 25.1 Å². The number of ether oxygens (including phenoxy) is 3. The zero-order valence-corrected chi connectivity index (χ0v) is 17.7. The van der Waals surface area contributed by atoms with Crippen LogP contribution in [0.25, 0.3) is 22.4 Å². The van der Waals surface area contributed by atoms with Crippen LogP contribution in [0.1, 0.15) is 18.4 Å². The maximum atomic E-state index is 5.61. The molecule has 162 valence electrons. The van der Waals surface area contributed by atoms with Crippen LogP contribution >= 0.6 is 0 Å². The smallest absolute Gasteiger partial charge is 0.188 e. The van der Waals surface area contributed by atoms with Crippen LogP contribution in [0.5, 0.6) is 5.75 Å². The fraction of sp³-hybridized carbons (Fsp3) is 0.435. The van der Waals surface area contributed by atoms with E-state index < -0.39 is 0 Å². The first-order valence-electron chi connectivity index (χ1n) is 10.7. The predicted octanol–water partition coefficient (Wildman–Crippen LogP) is 2.76. The first-order valence-corrected chi connectivity index (χ1v) is 10.7. The van der Waals surface area contributed by atoms with Crippen molar-refractivity contribution in [3.05, 3.63) is 42.1 Å². The topological polar surface area (TPSA) is 81.6 Å². The van der Waals surface area contributed by atoms with E-state index in [1.165, 1.54) is 12.8 Å². The molecule has 1 aliphatic carbocycles. The number of nitrogens with one attached hydrogen (secondary N) is 1. The van der Waals surface area contributed by atoms with E-state index >= 15 is 0 Å². The number of aromatic nitrogens is 3. The summed E-state index contributed by atoms with van der Waals surface area (Å²) in [7, 11) is 1.60. The summed E-state index contributed by atoms with van der Waals surface area (Å²) in [6, 6.07) is 10.5. The standard InChI is InChI=1S/C23H27N5O3/c1-29-15-31-19-4-2-3-17(12-19)22-26-20-11-16(13-24-18-5-6-18)14-25-21(20)23(27-22)28-7-9-30-10-8-28/h2-4,11-12,14,18,24H,5-10,13,15H2,1H3. The van der Waals surface area contributed by atoms with Gasteiger partial charge in [0.2, 0.25) is 0 Å². The summed E-state index contributed by atoms with van der Waals surface area (Å²) in [6.07, 6.45) is 4.45. The number of hydrogen-bond acceptors (Lipinski definition) is 8. The Labute approximate surface area is 181 Å². The van der Waals surface area contributed by atoms with Crippen LogP contribution in [0, 0.1) is 0 Å². The molecule has 0 spiro atoms. The summed E-state index contributed by atoms with van der Waals surface area (Å²) in [4.78, 5) is 16.8. The minimum absolute atomic E-state index is 0.197. The molecule has 8 heteroatoms. The molecule has 1 aliphatic heterocycles. The Morgan fingerprint density at radius 2 is 2.03 bits per heavy atom. The molecule has 2 fully saturated rings. The van der Waals surface area contributed by atoms with Crippen molar-refractivity contribution < 1.29 is 14.2 Å². The molecule has 3 aromatic rings. The van der Waals surface area contributed by atoms with Gasteiger partial charge >= 0.3 is 0 Å². The molecule has 0 amide bonds. The summed E-state index contributed by atoms with van der Waals surface area (Å²) in [5.74, 6) is 2.23. The first kappa shape index (κ1) is 20.1. The quantitative estimate of drug-likeness (QED) is 0.556.